The van der Waals surface area contributed by atoms with E-state index >= 15 is 0 Å². The van der Waals surface area contributed by atoms with Crippen molar-refractivity contribution in [1.82, 2.24) is 0 Å². The lowest BCUT2D eigenvalue weighted by Crippen LogP contribution is -2.33. The summed E-state index contributed by atoms with van der Waals surface area (Å²) in [6, 6.07) is 0. The number of hydrogen-bond donors (Lipinski definition) is 0. The molecule has 0 aliphatic carbocycles. The Morgan fingerprint density at radius 2 is 1.45 bits per heavy atom. The predicted octanol–water partition coefficient (Wildman–Crippen LogP) is 5.49. The second-order valence-corrected chi connectivity index (χ2v) is 18.9. The van der Waals surface area contributed by atoms with E-state index in [2.05, 4.69) is 11.9 Å². The standard InChI is InChI=1S/C13H32NO3PSi2/c1-10-11-13(14-12(2)3)18(15,16-19(4,5)6)17-20(7,8)9/h13H,10-11H2,1-9H3. The van der Waals surface area contributed by atoms with Crippen LogP contribution in [-0.2, 0) is 13.0 Å². The highest BCUT2D eigenvalue weighted by molar-refractivity contribution is 7.57. The summed E-state index contributed by atoms with van der Waals surface area (Å²) < 4.78 is 25.4. The summed E-state index contributed by atoms with van der Waals surface area (Å²) in [7, 11) is -7.15. The Kier molecular flexibility index (Phi) is 7.59. The maximum atomic E-state index is 13.4. The van der Waals surface area contributed by atoms with Gasteiger partial charge in [0.15, 0.2) is 16.6 Å². The first-order valence-corrected chi connectivity index (χ1v) is 15.7. The average Bonchev–Trinajstić information content (AvgIpc) is 2.09. The average molecular weight is 338 g/mol. The molecular weight excluding hydrogens is 305 g/mol. The predicted molar refractivity (Wildman–Crippen MR) is 93.9 cm³/mol. The van der Waals surface area contributed by atoms with Crippen molar-refractivity contribution in [2.75, 3.05) is 0 Å². The molecule has 0 rings (SSSR count). The first-order valence-electron chi connectivity index (χ1n) is 7.31. The fourth-order valence-corrected chi connectivity index (χ4v) is 10.3. The topological polar surface area (TPSA) is 47.9 Å². The van der Waals surface area contributed by atoms with Crippen molar-refractivity contribution in [2.45, 2.75) is 78.7 Å². The Morgan fingerprint density at radius 1 is 1.05 bits per heavy atom. The van der Waals surface area contributed by atoms with Crippen molar-refractivity contribution >= 4 is 29.9 Å². The molecular formula is C13H32NO3PSi2. The summed E-state index contributed by atoms with van der Waals surface area (Å²) in [6.07, 6.45) is 1.65. The van der Waals surface area contributed by atoms with Gasteiger partial charge in [-0.15, -0.1) is 0 Å². The smallest absolute Gasteiger partial charge is 0.335 e. The van der Waals surface area contributed by atoms with Gasteiger partial charge in [-0.1, -0.05) is 13.3 Å². The molecule has 1 unspecified atom stereocenters. The van der Waals surface area contributed by atoms with Crippen LogP contribution in [0.2, 0.25) is 39.3 Å². The van der Waals surface area contributed by atoms with Crippen molar-refractivity contribution in [2.24, 2.45) is 4.99 Å². The lowest BCUT2D eigenvalue weighted by molar-refractivity contribution is 0.365. The lowest BCUT2D eigenvalue weighted by Gasteiger charge is -2.34. The highest BCUT2D eigenvalue weighted by Gasteiger charge is 2.42. The lowest BCUT2D eigenvalue weighted by atomic mass is 10.3. The molecule has 0 N–H and O–H groups in total. The van der Waals surface area contributed by atoms with E-state index in [0.29, 0.717) is 0 Å². The molecule has 0 aliphatic heterocycles. The molecule has 0 spiro atoms. The van der Waals surface area contributed by atoms with Gasteiger partial charge in [-0.2, -0.15) is 0 Å². The second kappa shape index (κ2) is 7.50. The molecule has 20 heavy (non-hydrogen) atoms. The SMILES string of the molecule is CCCC(N=C(C)C)P(=O)(O[Si](C)(C)C)O[Si](C)(C)C. The van der Waals surface area contributed by atoms with Crippen molar-refractivity contribution in [3.8, 4) is 0 Å². The molecule has 0 fully saturated rings. The van der Waals surface area contributed by atoms with E-state index in [0.717, 1.165) is 18.6 Å². The van der Waals surface area contributed by atoms with Crippen LogP contribution in [0, 0.1) is 0 Å². The van der Waals surface area contributed by atoms with Gasteiger partial charge in [-0.3, -0.25) is 9.56 Å². The molecule has 1 atom stereocenters. The highest BCUT2D eigenvalue weighted by atomic mass is 31.2. The quantitative estimate of drug-likeness (QED) is 0.334. The monoisotopic (exact) mass is 337 g/mol. The summed E-state index contributed by atoms with van der Waals surface area (Å²) in [6.45, 7) is 18.2. The molecule has 4 nitrogen and oxygen atoms in total. The van der Waals surface area contributed by atoms with Crippen LogP contribution in [0.25, 0.3) is 0 Å². The summed E-state index contributed by atoms with van der Waals surface area (Å²) in [5.74, 6) is -0.365. The molecule has 7 heteroatoms. The summed E-state index contributed by atoms with van der Waals surface area (Å²) in [4.78, 5) is 4.56. The minimum absolute atomic E-state index is 0.365. The summed E-state index contributed by atoms with van der Waals surface area (Å²) in [5, 5.41) is 0. The first kappa shape index (κ1) is 20.3. The summed E-state index contributed by atoms with van der Waals surface area (Å²) in [5.41, 5.74) is 0.919. The second-order valence-electron chi connectivity index (χ2n) is 7.29. The van der Waals surface area contributed by atoms with Gasteiger partial charge in [-0.05, 0) is 59.6 Å². The van der Waals surface area contributed by atoms with Gasteiger partial charge in [-0.25, -0.2) is 0 Å². The summed E-state index contributed by atoms with van der Waals surface area (Å²) >= 11 is 0. The third kappa shape index (κ3) is 8.52. The van der Waals surface area contributed by atoms with Crippen LogP contribution in [0.1, 0.15) is 33.6 Å². The zero-order valence-corrected chi connectivity index (χ0v) is 17.5. The van der Waals surface area contributed by atoms with Gasteiger partial charge in [0.05, 0.1) is 0 Å². The third-order valence-electron chi connectivity index (χ3n) is 2.12. The van der Waals surface area contributed by atoms with Gasteiger partial charge in [0.2, 0.25) is 0 Å². The zero-order valence-electron chi connectivity index (χ0n) is 14.6. The van der Waals surface area contributed by atoms with Gasteiger partial charge in [0.25, 0.3) is 0 Å². The van der Waals surface area contributed by atoms with Crippen molar-refractivity contribution in [3.05, 3.63) is 0 Å². The van der Waals surface area contributed by atoms with E-state index in [4.69, 9.17) is 8.43 Å². The number of aliphatic imine (C=N–C) groups is 1. The van der Waals surface area contributed by atoms with Gasteiger partial charge < -0.3 is 8.43 Å². The van der Waals surface area contributed by atoms with Crippen molar-refractivity contribution in [1.29, 1.82) is 0 Å². The third-order valence-corrected chi connectivity index (χ3v) is 9.64. The maximum absolute atomic E-state index is 13.4. The molecule has 0 radical (unpaired) electrons. The minimum Gasteiger partial charge on any atom is -0.350 e. The largest absolute Gasteiger partial charge is 0.350 e. The van der Waals surface area contributed by atoms with E-state index in [1.165, 1.54) is 0 Å². The fraction of sp³-hybridized carbons (Fsp3) is 0.923. The minimum atomic E-state index is -3.21. The zero-order chi connectivity index (χ0) is 16.2. The molecule has 0 bridgehead atoms. The Balaban J connectivity index is 5.57. The first-order chi connectivity index (χ1) is 8.79. The van der Waals surface area contributed by atoms with Crippen LogP contribution in [-0.4, -0.2) is 28.1 Å². The molecule has 0 aromatic carbocycles. The van der Waals surface area contributed by atoms with E-state index in [1.54, 1.807) is 0 Å². The van der Waals surface area contributed by atoms with Crippen molar-refractivity contribution < 1.29 is 13.0 Å². The molecule has 0 aliphatic rings. The maximum Gasteiger partial charge on any atom is 0.335 e. The Morgan fingerprint density at radius 3 is 1.70 bits per heavy atom. The van der Waals surface area contributed by atoms with E-state index < -0.39 is 24.2 Å². The van der Waals surface area contributed by atoms with Gasteiger partial charge in [0.1, 0.15) is 5.78 Å². The fourth-order valence-electron chi connectivity index (χ4n) is 1.75. The van der Waals surface area contributed by atoms with Gasteiger partial charge >= 0.3 is 7.60 Å². The van der Waals surface area contributed by atoms with Crippen LogP contribution < -0.4 is 0 Å². The van der Waals surface area contributed by atoms with Crippen molar-refractivity contribution in [3.63, 3.8) is 0 Å². The normalized spacial score (nSPS) is 15.1. The van der Waals surface area contributed by atoms with Crippen LogP contribution in [0.15, 0.2) is 4.99 Å². The molecule has 0 heterocycles. The van der Waals surface area contributed by atoms with E-state index in [9.17, 15) is 4.57 Å². The van der Waals surface area contributed by atoms with E-state index in [1.807, 2.05) is 53.1 Å². The number of rotatable bonds is 8. The molecule has 0 saturated carbocycles. The van der Waals surface area contributed by atoms with Gasteiger partial charge in [0, 0.05) is 5.71 Å². The molecule has 120 valence electrons. The Hall–Kier alpha value is 0.254. The Labute approximate surface area is 127 Å². The molecule has 0 saturated heterocycles. The van der Waals surface area contributed by atoms with Crippen LogP contribution >= 0.6 is 7.60 Å². The molecule has 0 aromatic rings. The van der Waals surface area contributed by atoms with Crippen LogP contribution in [0.4, 0.5) is 0 Å². The van der Waals surface area contributed by atoms with Crippen LogP contribution in [0.5, 0.6) is 0 Å². The molecule has 0 amide bonds. The molecule has 0 aromatic heterocycles. The number of nitrogens with zero attached hydrogens (tertiary/aromatic N) is 1. The Bertz CT molecular complexity index is 362. The van der Waals surface area contributed by atoms with E-state index in [-0.39, 0.29) is 5.78 Å². The van der Waals surface area contributed by atoms with Crippen LogP contribution in [0.3, 0.4) is 0 Å². The number of hydrogen-bond acceptors (Lipinski definition) is 4. The highest BCUT2D eigenvalue weighted by Crippen LogP contribution is 2.58.